The summed E-state index contributed by atoms with van der Waals surface area (Å²) in [5, 5.41) is 0. The van der Waals surface area contributed by atoms with Gasteiger partial charge in [0.05, 0.1) is 0 Å². The van der Waals surface area contributed by atoms with Crippen LogP contribution < -0.4 is 0 Å². The van der Waals surface area contributed by atoms with Gasteiger partial charge in [0.15, 0.2) is 0 Å². The minimum Gasteiger partial charge on any atom is -0.0882 e. The Hall–Kier alpha value is -0.260. The van der Waals surface area contributed by atoms with Gasteiger partial charge in [0.25, 0.3) is 0 Å². The minimum atomic E-state index is 1.01. The summed E-state index contributed by atoms with van der Waals surface area (Å²) in [6.45, 7) is 0. The van der Waals surface area contributed by atoms with Gasteiger partial charge >= 0.3 is 0 Å². The number of hydrogen-bond acceptors (Lipinski definition) is 0. The van der Waals surface area contributed by atoms with Crippen LogP contribution >= 0.6 is 0 Å². The smallest absolute Gasteiger partial charge is 0.0202 e. The number of allylic oxidation sites excluding steroid dienone is 2. The van der Waals surface area contributed by atoms with E-state index in [2.05, 4.69) is 12.2 Å². The van der Waals surface area contributed by atoms with Gasteiger partial charge in [0.1, 0.15) is 0 Å². The molecule has 0 amide bonds. The van der Waals surface area contributed by atoms with Crippen LogP contribution in [0.2, 0.25) is 0 Å². The number of fused-ring (bicyclic) bond motifs is 1. The second-order valence-corrected chi connectivity index (χ2v) is 3.02. The standard InChI is InChI=1S/C8H12/c1-2-4-7-6-8(7)5-3-1/h2,4,7-8H,1,3,5-6H2. The Balaban J connectivity index is 2.03. The van der Waals surface area contributed by atoms with Crippen molar-refractivity contribution in [2.24, 2.45) is 11.8 Å². The van der Waals surface area contributed by atoms with Gasteiger partial charge in [0.2, 0.25) is 0 Å². The van der Waals surface area contributed by atoms with Crippen LogP contribution in [-0.4, -0.2) is 0 Å². The van der Waals surface area contributed by atoms with E-state index < -0.39 is 0 Å². The second-order valence-electron chi connectivity index (χ2n) is 3.02. The largest absolute Gasteiger partial charge is 0.0882 e. The molecule has 0 radical (unpaired) electrons. The molecule has 0 aromatic heterocycles. The van der Waals surface area contributed by atoms with Crippen molar-refractivity contribution >= 4 is 0 Å². The van der Waals surface area contributed by atoms with Crippen LogP contribution in [0.1, 0.15) is 25.7 Å². The van der Waals surface area contributed by atoms with E-state index in [1.165, 1.54) is 25.7 Å². The molecule has 0 bridgehead atoms. The van der Waals surface area contributed by atoms with Gasteiger partial charge in [-0.25, -0.2) is 0 Å². The van der Waals surface area contributed by atoms with Crippen LogP contribution in [0.25, 0.3) is 0 Å². The predicted molar refractivity (Wildman–Crippen MR) is 34.6 cm³/mol. The van der Waals surface area contributed by atoms with E-state index in [0.717, 1.165) is 11.8 Å². The SMILES string of the molecule is C1=CC2CC2CCC1. The zero-order valence-corrected chi connectivity index (χ0v) is 5.14. The molecule has 8 heavy (non-hydrogen) atoms. The zero-order chi connectivity index (χ0) is 5.40. The molecule has 0 spiro atoms. The molecule has 0 aliphatic heterocycles. The van der Waals surface area contributed by atoms with Gasteiger partial charge in [-0.3, -0.25) is 0 Å². The van der Waals surface area contributed by atoms with Crippen LogP contribution in [0, 0.1) is 11.8 Å². The van der Waals surface area contributed by atoms with Gasteiger partial charge in [-0.15, -0.1) is 0 Å². The Bertz CT molecular complexity index is 113. The molecular formula is C8H12. The highest BCUT2D eigenvalue weighted by Gasteiger charge is 2.34. The van der Waals surface area contributed by atoms with Crippen molar-refractivity contribution in [2.45, 2.75) is 25.7 Å². The maximum absolute atomic E-state index is 2.41. The molecule has 1 fully saturated rings. The summed E-state index contributed by atoms with van der Waals surface area (Å²) in [6, 6.07) is 0. The van der Waals surface area contributed by atoms with Gasteiger partial charge in [-0.2, -0.15) is 0 Å². The molecule has 0 N–H and O–H groups in total. The van der Waals surface area contributed by atoms with Crippen molar-refractivity contribution in [3.63, 3.8) is 0 Å². The predicted octanol–water partition coefficient (Wildman–Crippen LogP) is 2.36. The lowest BCUT2D eigenvalue weighted by Crippen LogP contribution is -1.74. The summed E-state index contributed by atoms with van der Waals surface area (Å²) < 4.78 is 0. The first kappa shape index (κ1) is 4.60. The van der Waals surface area contributed by atoms with Gasteiger partial charge in [0, 0.05) is 0 Å². The van der Waals surface area contributed by atoms with E-state index >= 15 is 0 Å². The van der Waals surface area contributed by atoms with Crippen LogP contribution in [0.5, 0.6) is 0 Å². The Morgan fingerprint density at radius 2 is 2.38 bits per heavy atom. The van der Waals surface area contributed by atoms with Crippen molar-refractivity contribution in [1.29, 1.82) is 0 Å². The fourth-order valence-corrected chi connectivity index (χ4v) is 1.61. The molecule has 1 saturated carbocycles. The van der Waals surface area contributed by atoms with Crippen LogP contribution in [0.4, 0.5) is 0 Å². The first-order valence-electron chi connectivity index (χ1n) is 3.63. The molecule has 2 rings (SSSR count). The van der Waals surface area contributed by atoms with E-state index in [-0.39, 0.29) is 0 Å². The summed E-state index contributed by atoms with van der Waals surface area (Å²) >= 11 is 0. The normalized spacial score (nSPS) is 43.0. The fourth-order valence-electron chi connectivity index (χ4n) is 1.61. The van der Waals surface area contributed by atoms with Crippen molar-refractivity contribution in [2.75, 3.05) is 0 Å². The van der Waals surface area contributed by atoms with Crippen LogP contribution in [0.15, 0.2) is 12.2 Å². The molecule has 0 aromatic carbocycles. The lowest BCUT2D eigenvalue weighted by molar-refractivity contribution is 0.667. The van der Waals surface area contributed by atoms with Crippen molar-refractivity contribution in [3.05, 3.63) is 12.2 Å². The molecule has 0 saturated heterocycles. The molecular weight excluding hydrogens is 96.1 g/mol. The van der Waals surface area contributed by atoms with Gasteiger partial charge in [-0.05, 0) is 37.5 Å². The highest BCUT2D eigenvalue weighted by molar-refractivity contribution is 5.04. The molecule has 2 aliphatic carbocycles. The van der Waals surface area contributed by atoms with Crippen LogP contribution in [0.3, 0.4) is 0 Å². The van der Waals surface area contributed by atoms with Crippen LogP contribution in [-0.2, 0) is 0 Å². The van der Waals surface area contributed by atoms with E-state index in [0.29, 0.717) is 0 Å². The third-order valence-corrected chi connectivity index (χ3v) is 2.31. The highest BCUT2D eigenvalue weighted by atomic mass is 14.4. The lowest BCUT2D eigenvalue weighted by Gasteiger charge is -1.88. The second kappa shape index (κ2) is 1.61. The molecule has 0 heteroatoms. The maximum Gasteiger partial charge on any atom is -0.0202 e. The third-order valence-electron chi connectivity index (χ3n) is 2.31. The minimum absolute atomic E-state index is 1.01. The summed E-state index contributed by atoms with van der Waals surface area (Å²) in [4.78, 5) is 0. The highest BCUT2D eigenvalue weighted by Crippen LogP contribution is 2.44. The van der Waals surface area contributed by atoms with Crippen molar-refractivity contribution in [3.8, 4) is 0 Å². The van der Waals surface area contributed by atoms with Gasteiger partial charge in [-0.1, -0.05) is 12.2 Å². The average Bonchev–Trinajstić information content (AvgIpc) is 2.36. The molecule has 0 aromatic rings. The molecule has 2 atom stereocenters. The molecule has 0 heterocycles. The Morgan fingerprint density at radius 1 is 1.38 bits per heavy atom. The Morgan fingerprint density at radius 3 is 3.38 bits per heavy atom. The average molecular weight is 108 g/mol. The summed E-state index contributed by atoms with van der Waals surface area (Å²) in [5.74, 6) is 2.12. The van der Waals surface area contributed by atoms with Crippen molar-refractivity contribution < 1.29 is 0 Å². The Kier molecular flexibility index (Phi) is 0.927. The quantitative estimate of drug-likeness (QED) is 0.418. The van der Waals surface area contributed by atoms with E-state index in [1.54, 1.807) is 0 Å². The first-order valence-corrected chi connectivity index (χ1v) is 3.63. The fraction of sp³-hybridized carbons (Fsp3) is 0.750. The summed E-state index contributed by atoms with van der Waals surface area (Å²) in [7, 11) is 0. The maximum atomic E-state index is 2.41. The van der Waals surface area contributed by atoms with E-state index in [9.17, 15) is 0 Å². The molecule has 2 aliphatic rings. The number of rotatable bonds is 0. The molecule has 2 unspecified atom stereocenters. The zero-order valence-electron chi connectivity index (χ0n) is 5.14. The third kappa shape index (κ3) is 0.683. The first-order chi connectivity index (χ1) is 3.97. The Labute approximate surface area is 50.6 Å². The number of hydrogen-bond donors (Lipinski definition) is 0. The summed E-state index contributed by atoms with van der Waals surface area (Å²) in [5.41, 5.74) is 0. The van der Waals surface area contributed by atoms with Gasteiger partial charge < -0.3 is 0 Å². The van der Waals surface area contributed by atoms with Crippen molar-refractivity contribution in [1.82, 2.24) is 0 Å². The summed E-state index contributed by atoms with van der Waals surface area (Å²) in [6.07, 6.45) is 10.5. The molecule has 44 valence electrons. The lowest BCUT2D eigenvalue weighted by atomic mass is 10.2. The molecule has 0 nitrogen and oxygen atoms in total. The monoisotopic (exact) mass is 108 g/mol. The topological polar surface area (TPSA) is 0 Å². The van der Waals surface area contributed by atoms with E-state index in [1.807, 2.05) is 0 Å². The van der Waals surface area contributed by atoms with E-state index in [4.69, 9.17) is 0 Å².